The molecular weight excluding hydrogens is 610 g/mol. The Balaban J connectivity index is 0.000000170. The summed E-state index contributed by atoms with van der Waals surface area (Å²) in [5, 5.41) is 13.5. The van der Waals surface area contributed by atoms with Crippen LogP contribution in [0, 0.1) is 0 Å². The predicted octanol–water partition coefficient (Wildman–Crippen LogP) is 6.82. The van der Waals surface area contributed by atoms with Crippen molar-refractivity contribution in [3.63, 3.8) is 0 Å². The third-order valence-corrected chi connectivity index (χ3v) is 14.2. The van der Waals surface area contributed by atoms with E-state index in [-0.39, 0.29) is 6.61 Å². The number of hydrogen-bond acceptors (Lipinski definition) is 1. The van der Waals surface area contributed by atoms with Gasteiger partial charge in [-0.2, -0.15) is 21.9 Å². The van der Waals surface area contributed by atoms with E-state index < -0.39 is 13.4 Å². The summed E-state index contributed by atoms with van der Waals surface area (Å²) in [4.78, 5) is 0. The fraction of sp³-hybridized carbons (Fsp3) is 0.0870. The quantitative estimate of drug-likeness (QED) is 0.0923. The highest BCUT2D eigenvalue weighted by molar-refractivity contribution is 7.95. The molecule has 7 rings (SSSR count). The van der Waals surface area contributed by atoms with Crippen molar-refractivity contribution >= 4 is 51.2 Å². The summed E-state index contributed by atoms with van der Waals surface area (Å²) in [5.74, 6) is 0. The van der Waals surface area contributed by atoms with Crippen LogP contribution in [0.4, 0.5) is 0 Å². The van der Waals surface area contributed by atoms with Gasteiger partial charge in [-0.05, 0) is 49.2 Å². The van der Waals surface area contributed by atoms with E-state index in [4.69, 9.17) is 0 Å². The summed E-state index contributed by atoms with van der Waals surface area (Å²) in [6, 6.07) is 76.3. The first kappa shape index (κ1) is 33.9. The van der Waals surface area contributed by atoms with Crippen LogP contribution in [0.25, 0.3) is 0 Å². The van der Waals surface area contributed by atoms with Crippen LogP contribution in [0.1, 0.15) is 12.8 Å². The lowest BCUT2D eigenvalue weighted by atomic mass is 9.13. The van der Waals surface area contributed by atoms with Gasteiger partial charge >= 0.3 is 0 Å². The van der Waals surface area contributed by atoms with Crippen LogP contribution in [-0.4, -0.2) is 24.0 Å². The van der Waals surface area contributed by atoms with E-state index in [1.165, 1.54) is 37.8 Å². The molecule has 0 atom stereocenters. The molecule has 0 spiro atoms. The monoisotopic (exact) mass is 654 g/mol. The molecular formula is C46H44BOP. The molecule has 0 radical (unpaired) electrons. The SMILES string of the molecule is OCCCC[P+](c1ccccc1)(c1ccccc1)c1ccccc1.c1ccc([B-](c2ccccc2)(c2ccccc2)c2ccccc2)cc1. The minimum absolute atomic E-state index is 0.262. The molecule has 3 heteroatoms. The highest BCUT2D eigenvalue weighted by atomic mass is 31.2. The second kappa shape index (κ2) is 16.9. The number of unbranched alkanes of at least 4 members (excludes halogenated alkanes) is 1. The Labute approximate surface area is 293 Å². The van der Waals surface area contributed by atoms with Crippen LogP contribution in [0.15, 0.2) is 212 Å². The number of hydrogen-bond donors (Lipinski definition) is 1. The van der Waals surface area contributed by atoms with Gasteiger partial charge in [0.25, 0.3) is 0 Å². The molecule has 0 bridgehead atoms. The summed E-state index contributed by atoms with van der Waals surface area (Å²) in [6.45, 7) is 0.262. The molecule has 0 aliphatic heterocycles. The molecule has 0 saturated carbocycles. The minimum Gasteiger partial charge on any atom is -0.396 e. The first-order valence-corrected chi connectivity index (χ1v) is 19.3. The van der Waals surface area contributed by atoms with Gasteiger partial charge in [-0.3, -0.25) is 0 Å². The Hall–Kier alpha value is -5.01. The topological polar surface area (TPSA) is 20.2 Å². The molecule has 0 fully saturated rings. The molecule has 7 aromatic rings. The van der Waals surface area contributed by atoms with Crippen molar-refractivity contribution in [2.45, 2.75) is 12.8 Å². The molecule has 0 amide bonds. The highest BCUT2D eigenvalue weighted by Gasteiger charge is 2.44. The lowest BCUT2D eigenvalue weighted by Gasteiger charge is -2.44. The van der Waals surface area contributed by atoms with Crippen molar-refractivity contribution in [3.05, 3.63) is 212 Å². The zero-order valence-electron chi connectivity index (χ0n) is 28.0. The molecule has 0 aliphatic carbocycles. The molecule has 0 heterocycles. The van der Waals surface area contributed by atoms with Gasteiger partial charge in [0.2, 0.25) is 0 Å². The van der Waals surface area contributed by atoms with Gasteiger partial charge in [0.15, 0.2) is 0 Å². The average molecular weight is 655 g/mol. The van der Waals surface area contributed by atoms with Crippen molar-refractivity contribution < 1.29 is 5.11 Å². The van der Waals surface area contributed by atoms with Gasteiger partial charge in [-0.15, -0.1) is 0 Å². The Morgan fingerprint density at radius 2 is 0.571 bits per heavy atom. The molecule has 1 nitrogen and oxygen atoms in total. The number of aliphatic hydroxyl groups excluding tert-OH is 1. The summed E-state index contributed by atoms with van der Waals surface area (Å²) in [6.07, 6.45) is 1.76. The van der Waals surface area contributed by atoms with E-state index in [1.54, 1.807) is 0 Å². The Morgan fingerprint density at radius 3 is 0.816 bits per heavy atom. The van der Waals surface area contributed by atoms with Crippen molar-refractivity contribution in [3.8, 4) is 0 Å². The second-order valence-corrected chi connectivity index (χ2v) is 16.1. The summed E-state index contributed by atoms with van der Waals surface area (Å²) in [7, 11) is -1.69. The third-order valence-electron chi connectivity index (χ3n) is 9.69. The van der Waals surface area contributed by atoms with Gasteiger partial charge in [0.05, 0.1) is 6.16 Å². The smallest absolute Gasteiger partial charge is 0.112 e. The van der Waals surface area contributed by atoms with Crippen LogP contribution in [0.5, 0.6) is 0 Å². The first-order chi connectivity index (χ1) is 24.3. The van der Waals surface area contributed by atoms with E-state index in [9.17, 15) is 5.11 Å². The fourth-order valence-corrected chi connectivity index (χ4v) is 11.9. The van der Waals surface area contributed by atoms with Crippen molar-refractivity contribution in [1.82, 2.24) is 0 Å². The highest BCUT2D eigenvalue weighted by Crippen LogP contribution is 2.55. The maximum absolute atomic E-state index is 9.29. The summed E-state index contributed by atoms with van der Waals surface area (Å²) < 4.78 is 0. The molecule has 0 aromatic heterocycles. The lowest BCUT2D eigenvalue weighted by molar-refractivity contribution is 0.287. The van der Waals surface area contributed by atoms with Crippen molar-refractivity contribution in [2.24, 2.45) is 0 Å². The van der Waals surface area contributed by atoms with E-state index in [0.717, 1.165) is 19.0 Å². The maximum atomic E-state index is 9.29. The minimum atomic E-state index is -1.69. The fourth-order valence-electron chi connectivity index (χ4n) is 7.46. The van der Waals surface area contributed by atoms with Crippen molar-refractivity contribution in [2.75, 3.05) is 12.8 Å². The zero-order chi connectivity index (χ0) is 33.6. The van der Waals surface area contributed by atoms with E-state index in [0.29, 0.717) is 0 Å². The average Bonchev–Trinajstić information content (AvgIpc) is 3.20. The molecule has 242 valence electrons. The molecule has 0 aliphatic rings. The molecule has 0 unspecified atom stereocenters. The largest absolute Gasteiger partial charge is 0.396 e. The summed E-state index contributed by atoms with van der Waals surface area (Å²) in [5.41, 5.74) is 5.36. The molecule has 1 N–H and O–H groups in total. The van der Waals surface area contributed by atoms with Crippen LogP contribution < -0.4 is 37.8 Å². The normalized spacial score (nSPS) is 11.3. The Kier molecular flexibility index (Phi) is 11.7. The van der Waals surface area contributed by atoms with Crippen molar-refractivity contribution in [1.29, 1.82) is 0 Å². The second-order valence-electron chi connectivity index (χ2n) is 12.5. The first-order valence-electron chi connectivity index (χ1n) is 17.3. The lowest BCUT2D eigenvalue weighted by Crippen LogP contribution is -2.74. The van der Waals surface area contributed by atoms with Crippen LogP contribution in [0.2, 0.25) is 0 Å². The number of rotatable bonds is 11. The standard InChI is InChI=1S/C24H20B.C22H24OP/c1-5-13-21(14-6-1)25(22-15-7-2-8-16-22,23-17-9-3-10-18-23)24-19-11-4-12-20-24;23-18-10-11-19-24(20-12-4-1-5-13-20,21-14-6-2-7-15-21)22-16-8-3-9-17-22/h1-20H;1-9,12-17,23H,10-11,18-19H2/q-1;+1. The van der Waals surface area contributed by atoms with Gasteiger partial charge in [0, 0.05) is 6.61 Å². The van der Waals surface area contributed by atoms with Crippen LogP contribution in [-0.2, 0) is 0 Å². The number of aliphatic hydroxyl groups is 1. The van der Waals surface area contributed by atoms with Crippen LogP contribution in [0.3, 0.4) is 0 Å². The van der Waals surface area contributed by atoms with E-state index in [1.807, 2.05) is 0 Å². The van der Waals surface area contributed by atoms with Crippen LogP contribution >= 0.6 is 7.26 Å². The number of benzene rings is 7. The van der Waals surface area contributed by atoms with Gasteiger partial charge in [-0.25, -0.2) is 0 Å². The summed E-state index contributed by atoms with van der Waals surface area (Å²) >= 11 is 0. The van der Waals surface area contributed by atoms with Gasteiger partial charge < -0.3 is 5.11 Å². The third kappa shape index (κ3) is 7.37. The molecule has 49 heavy (non-hydrogen) atoms. The van der Waals surface area contributed by atoms with Gasteiger partial charge in [0.1, 0.15) is 29.3 Å². The Morgan fingerprint density at radius 1 is 0.327 bits per heavy atom. The molecule has 7 aromatic carbocycles. The Bertz CT molecular complexity index is 1680. The predicted molar refractivity (Wildman–Crippen MR) is 216 cm³/mol. The van der Waals surface area contributed by atoms with E-state index >= 15 is 0 Å². The van der Waals surface area contributed by atoms with Gasteiger partial charge in [-0.1, -0.05) is 176 Å². The zero-order valence-corrected chi connectivity index (χ0v) is 28.9. The van der Waals surface area contributed by atoms with E-state index in [2.05, 4.69) is 212 Å². The molecule has 0 saturated heterocycles. The maximum Gasteiger partial charge on any atom is 0.112 e.